The highest BCUT2D eigenvalue weighted by molar-refractivity contribution is 5.72. The third-order valence-electron chi connectivity index (χ3n) is 6.60. The summed E-state index contributed by atoms with van der Waals surface area (Å²) in [5, 5.41) is 0. The summed E-state index contributed by atoms with van der Waals surface area (Å²) >= 11 is 0. The number of aryl methyl sites for hydroxylation is 1. The maximum absolute atomic E-state index is 13.1. The maximum Gasteiger partial charge on any atom is 0.123 e. The predicted octanol–water partition coefficient (Wildman–Crippen LogP) is 6.29. The standard InChI is InChI=1S/C27H34FNO/c1-20(16-22-6-10-25(28)11-7-22)19-30-26-12-13-27-21(2)24(9-8-23(27)17-26)18-29-14-4-3-5-15-29/h6-7,10-13,17,20H,3-5,8-9,14-16,18-19H2,1-2H3/t20-/m1/s1. The molecule has 2 nitrogen and oxygen atoms in total. The first-order chi connectivity index (χ1) is 14.6. The number of nitrogens with zero attached hydrogens (tertiary/aromatic N) is 1. The molecule has 2 aromatic rings. The van der Waals surface area contributed by atoms with E-state index in [0.29, 0.717) is 12.5 Å². The van der Waals surface area contributed by atoms with Gasteiger partial charge in [0.25, 0.3) is 0 Å². The lowest BCUT2D eigenvalue weighted by molar-refractivity contribution is 0.244. The number of likely N-dealkylation sites (tertiary alicyclic amines) is 1. The lowest BCUT2D eigenvalue weighted by Crippen LogP contribution is -2.32. The molecule has 1 heterocycles. The molecule has 1 aliphatic heterocycles. The van der Waals surface area contributed by atoms with Gasteiger partial charge in [0.05, 0.1) is 6.61 Å². The Labute approximate surface area is 180 Å². The first-order valence-electron chi connectivity index (χ1n) is 11.5. The van der Waals surface area contributed by atoms with E-state index in [2.05, 4.69) is 36.9 Å². The van der Waals surface area contributed by atoms with Crippen LogP contribution in [0.2, 0.25) is 0 Å². The monoisotopic (exact) mass is 407 g/mol. The second-order valence-corrected chi connectivity index (χ2v) is 9.13. The molecule has 160 valence electrons. The zero-order valence-corrected chi connectivity index (χ0v) is 18.4. The van der Waals surface area contributed by atoms with Crippen LogP contribution in [0.15, 0.2) is 48.0 Å². The topological polar surface area (TPSA) is 12.5 Å². The molecule has 0 unspecified atom stereocenters. The Morgan fingerprint density at radius 2 is 1.77 bits per heavy atom. The molecule has 0 saturated carbocycles. The van der Waals surface area contributed by atoms with E-state index >= 15 is 0 Å². The molecular formula is C27H34FNO. The summed E-state index contributed by atoms with van der Waals surface area (Å²) in [6, 6.07) is 13.4. The van der Waals surface area contributed by atoms with E-state index in [0.717, 1.165) is 30.7 Å². The van der Waals surface area contributed by atoms with Crippen molar-refractivity contribution in [2.75, 3.05) is 26.2 Å². The Morgan fingerprint density at radius 3 is 2.53 bits per heavy atom. The van der Waals surface area contributed by atoms with Crippen LogP contribution in [0.1, 0.15) is 56.2 Å². The van der Waals surface area contributed by atoms with E-state index in [-0.39, 0.29) is 5.82 Å². The molecule has 0 bridgehead atoms. The summed E-state index contributed by atoms with van der Waals surface area (Å²) in [4.78, 5) is 2.63. The van der Waals surface area contributed by atoms with Gasteiger partial charge in [-0.25, -0.2) is 4.39 Å². The number of piperidine rings is 1. The first-order valence-corrected chi connectivity index (χ1v) is 11.5. The summed E-state index contributed by atoms with van der Waals surface area (Å²) in [5.74, 6) is 1.16. The van der Waals surface area contributed by atoms with Crippen molar-refractivity contribution < 1.29 is 9.13 Å². The third kappa shape index (κ3) is 5.31. The van der Waals surface area contributed by atoms with Gasteiger partial charge in [0.15, 0.2) is 0 Å². The van der Waals surface area contributed by atoms with E-state index in [4.69, 9.17) is 4.74 Å². The largest absolute Gasteiger partial charge is 0.493 e. The van der Waals surface area contributed by atoms with Gasteiger partial charge in [-0.15, -0.1) is 0 Å². The van der Waals surface area contributed by atoms with E-state index in [9.17, 15) is 4.39 Å². The smallest absolute Gasteiger partial charge is 0.123 e. The molecule has 1 atom stereocenters. The van der Waals surface area contributed by atoms with Crippen molar-refractivity contribution in [3.63, 3.8) is 0 Å². The highest BCUT2D eigenvalue weighted by Crippen LogP contribution is 2.34. The van der Waals surface area contributed by atoms with Crippen LogP contribution >= 0.6 is 0 Å². The molecule has 0 N–H and O–H groups in total. The molecular weight excluding hydrogens is 373 g/mol. The quantitative estimate of drug-likeness (QED) is 0.535. The number of allylic oxidation sites excluding steroid dienone is 1. The Kier molecular flexibility index (Phi) is 6.89. The minimum absolute atomic E-state index is 0.180. The van der Waals surface area contributed by atoms with Crippen LogP contribution in [-0.2, 0) is 12.8 Å². The highest BCUT2D eigenvalue weighted by atomic mass is 19.1. The molecule has 1 fully saturated rings. The van der Waals surface area contributed by atoms with Gasteiger partial charge in [-0.2, -0.15) is 0 Å². The van der Waals surface area contributed by atoms with Crippen LogP contribution in [0.5, 0.6) is 5.75 Å². The summed E-state index contributed by atoms with van der Waals surface area (Å²) < 4.78 is 19.2. The first kappa shape index (κ1) is 21.1. The van der Waals surface area contributed by atoms with Gasteiger partial charge >= 0.3 is 0 Å². The molecule has 0 amide bonds. The number of hydrogen-bond acceptors (Lipinski definition) is 2. The number of hydrogen-bond donors (Lipinski definition) is 0. The van der Waals surface area contributed by atoms with Gasteiger partial charge in [-0.05, 0) is 105 Å². The molecule has 1 aliphatic carbocycles. The van der Waals surface area contributed by atoms with Crippen molar-refractivity contribution in [2.45, 2.75) is 52.4 Å². The molecule has 2 aliphatic rings. The van der Waals surface area contributed by atoms with Crippen molar-refractivity contribution in [1.29, 1.82) is 0 Å². The average Bonchev–Trinajstić information content (AvgIpc) is 2.76. The van der Waals surface area contributed by atoms with Crippen LogP contribution in [0.4, 0.5) is 4.39 Å². The summed E-state index contributed by atoms with van der Waals surface area (Å²) in [5.41, 5.74) is 7.06. The molecule has 0 radical (unpaired) electrons. The van der Waals surface area contributed by atoms with Gasteiger partial charge in [0.2, 0.25) is 0 Å². The maximum atomic E-state index is 13.1. The van der Waals surface area contributed by atoms with Crippen molar-refractivity contribution in [1.82, 2.24) is 4.90 Å². The second kappa shape index (κ2) is 9.78. The predicted molar refractivity (Wildman–Crippen MR) is 122 cm³/mol. The van der Waals surface area contributed by atoms with Gasteiger partial charge < -0.3 is 4.74 Å². The molecule has 2 aromatic carbocycles. The molecule has 4 rings (SSSR count). The summed E-state index contributed by atoms with van der Waals surface area (Å²) in [7, 11) is 0. The van der Waals surface area contributed by atoms with Crippen LogP contribution in [0.3, 0.4) is 0 Å². The Bertz CT molecular complexity index is 880. The number of ether oxygens (including phenoxy) is 1. The second-order valence-electron chi connectivity index (χ2n) is 9.13. The van der Waals surface area contributed by atoms with Crippen molar-refractivity contribution >= 4 is 5.57 Å². The van der Waals surface area contributed by atoms with Crippen molar-refractivity contribution in [3.8, 4) is 5.75 Å². The number of benzene rings is 2. The van der Waals surface area contributed by atoms with E-state index < -0.39 is 0 Å². The third-order valence-corrected chi connectivity index (χ3v) is 6.60. The Balaban J connectivity index is 1.35. The fraction of sp³-hybridized carbons (Fsp3) is 0.481. The van der Waals surface area contributed by atoms with Gasteiger partial charge in [0.1, 0.15) is 11.6 Å². The normalized spacial score (nSPS) is 18.2. The van der Waals surface area contributed by atoms with E-state index in [1.807, 2.05) is 12.1 Å². The number of rotatable bonds is 7. The Hall–Kier alpha value is -2.13. The Morgan fingerprint density at radius 1 is 1.00 bits per heavy atom. The van der Waals surface area contributed by atoms with E-state index in [1.165, 1.54) is 67.6 Å². The zero-order chi connectivity index (χ0) is 20.9. The van der Waals surface area contributed by atoms with Crippen molar-refractivity contribution in [2.24, 2.45) is 5.92 Å². The summed E-state index contributed by atoms with van der Waals surface area (Å²) in [6.07, 6.45) is 7.26. The molecule has 3 heteroatoms. The fourth-order valence-electron chi connectivity index (χ4n) is 4.80. The van der Waals surface area contributed by atoms with E-state index in [1.54, 1.807) is 5.57 Å². The fourth-order valence-corrected chi connectivity index (χ4v) is 4.80. The highest BCUT2D eigenvalue weighted by Gasteiger charge is 2.20. The molecule has 0 spiro atoms. The number of fused-ring (bicyclic) bond motifs is 1. The van der Waals surface area contributed by atoms with Crippen LogP contribution in [-0.4, -0.2) is 31.1 Å². The van der Waals surface area contributed by atoms with Gasteiger partial charge in [-0.3, -0.25) is 4.90 Å². The zero-order valence-electron chi connectivity index (χ0n) is 18.4. The lowest BCUT2D eigenvalue weighted by atomic mass is 9.86. The molecule has 30 heavy (non-hydrogen) atoms. The SMILES string of the molecule is CC1=C(CN2CCCCC2)CCc2cc(OC[C@H](C)Cc3ccc(F)cc3)ccc21. The van der Waals surface area contributed by atoms with Gasteiger partial charge in [0, 0.05) is 6.54 Å². The van der Waals surface area contributed by atoms with Crippen molar-refractivity contribution in [3.05, 3.63) is 70.5 Å². The van der Waals surface area contributed by atoms with Crippen LogP contribution in [0.25, 0.3) is 5.57 Å². The molecule has 0 aromatic heterocycles. The average molecular weight is 408 g/mol. The lowest BCUT2D eigenvalue weighted by Gasteiger charge is -2.30. The summed E-state index contributed by atoms with van der Waals surface area (Å²) in [6.45, 7) is 8.80. The van der Waals surface area contributed by atoms with Crippen LogP contribution < -0.4 is 4.74 Å². The van der Waals surface area contributed by atoms with Gasteiger partial charge in [-0.1, -0.05) is 37.1 Å². The van der Waals surface area contributed by atoms with Crippen LogP contribution in [0, 0.1) is 11.7 Å². The minimum atomic E-state index is -0.180. The molecule has 1 saturated heterocycles. The number of halogens is 1. The minimum Gasteiger partial charge on any atom is -0.493 e.